The maximum atomic E-state index is 12.6. The Bertz CT molecular complexity index is 702. The number of hydroxylamine groups is 3. The van der Waals surface area contributed by atoms with Gasteiger partial charge in [-0.2, -0.15) is 8.42 Å². The average molecular weight is 318 g/mol. The molecule has 1 aromatic rings. The molecule has 0 bridgehead atoms. The highest BCUT2D eigenvalue weighted by atomic mass is 35.5. The van der Waals surface area contributed by atoms with Crippen molar-refractivity contribution in [1.29, 1.82) is 0 Å². The SMILES string of the molecule is O=S(=O)=C1C=CC=C[N+]1([O-])Cc1ccc(Cl)c(Cl)c1. The first-order valence-corrected chi connectivity index (χ1v) is 7.11. The van der Waals surface area contributed by atoms with Gasteiger partial charge in [-0.3, -0.25) is 4.65 Å². The van der Waals surface area contributed by atoms with Crippen molar-refractivity contribution in [1.82, 2.24) is 0 Å². The Labute approximate surface area is 121 Å². The molecule has 19 heavy (non-hydrogen) atoms. The van der Waals surface area contributed by atoms with Crippen LogP contribution in [0.1, 0.15) is 5.56 Å². The second-order valence-corrected chi connectivity index (χ2v) is 5.68. The number of quaternary nitrogens is 1. The lowest BCUT2D eigenvalue weighted by molar-refractivity contribution is -0.744. The lowest BCUT2D eigenvalue weighted by atomic mass is 10.2. The second kappa shape index (κ2) is 5.48. The van der Waals surface area contributed by atoms with Crippen molar-refractivity contribution in [3.05, 3.63) is 63.4 Å². The minimum Gasteiger partial charge on any atom is -0.621 e. The van der Waals surface area contributed by atoms with Crippen LogP contribution in [0.2, 0.25) is 10.0 Å². The first kappa shape index (κ1) is 14.3. The zero-order valence-electron chi connectivity index (χ0n) is 9.58. The van der Waals surface area contributed by atoms with E-state index in [1.54, 1.807) is 18.2 Å². The summed E-state index contributed by atoms with van der Waals surface area (Å²) in [7, 11) is -2.58. The molecule has 0 aliphatic carbocycles. The predicted molar refractivity (Wildman–Crippen MR) is 76.0 cm³/mol. The molecule has 1 unspecified atom stereocenters. The van der Waals surface area contributed by atoms with Crippen LogP contribution in [0.25, 0.3) is 0 Å². The van der Waals surface area contributed by atoms with Gasteiger partial charge in [0.2, 0.25) is 0 Å². The van der Waals surface area contributed by atoms with Crippen molar-refractivity contribution in [2.75, 3.05) is 0 Å². The molecule has 7 heteroatoms. The minimum absolute atomic E-state index is 0.0684. The molecule has 100 valence electrons. The van der Waals surface area contributed by atoms with Gasteiger partial charge in [0.25, 0.3) is 15.3 Å². The third-order valence-electron chi connectivity index (χ3n) is 2.62. The highest BCUT2D eigenvalue weighted by molar-refractivity contribution is 7.72. The van der Waals surface area contributed by atoms with Gasteiger partial charge in [-0.25, -0.2) is 0 Å². The van der Waals surface area contributed by atoms with Crippen molar-refractivity contribution in [2.24, 2.45) is 0 Å². The first-order valence-electron chi connectivity index (χ1n) is 5.28. The van der Waals surface area contributed by atoms with Gasteiger partial charge in [0.15, 0.2) is 0 Å². The smallest absolute Gasteiger partial charge is 0.277 e. The summed E-state index contributed by atoms with van der Waals surface area (Å²) >= 11 is 11.7. The average Bonchev–Trinajstić information content (AvgIpc) is 2.33. The number of nitrogens with zero attached hydrogens (tertiary/aromatic N) is 1. The Morgan fingerprint density at radius 2 is 1.89 bits per heavy atom. The zero-order chi connectivity index (χ0) is 14.0. The second-order valence-electron chi connectivity index (χ2n) is 3.98. The van der Waals surface area contributed by atoms with E-state index in [-0.39, 0.29) is 11.5 Å². The molecule has 1 aliphatic rings. The summed E-state index contributed by atoms with van der Waals surface area (Å²) in [5, 5.41) is 13.3. The van der Waals surface area contributed by atoms with Gasteiger partial charge < -0.3 is 5.21 Å². The molecular weight excluding hydrogens is 309 g/mol. The van der Waals surface area contributed by atoms with Crippen molar-refractivity contribution < 1.29 is 13.1 Å². The number of halogens is 2. The van der Waals surface area contributed by atoms with Gasteiger partial charge in [-0.15, -0.1) is 0 Å². The van der Waals surface area contributed by atoms with Crippen LogP contribution in [-0.2, 0) is 16.8 Å². The predicted octanol–water partition coefficient (Wildman–Crippen LogP) is 2.90. The zero-order valence-corrected chi connectivity index (χ0v) is 11.9. The molecule has 0 saturated heterocycles. The van der Waals surface area contributed by atoms with Gasteiger partial charge in [0.1, 0.15) is 12.7 Å². The number of rotatable bonds is 2. The van der Waals surface area contributed by atoms with Crippen LogP contribution in [0.3, 0.4) is 0 Å². The van der Waals surface area contributed by atoms with E-state index in [0.717, 1.165) is 0 Å². The fourth-order valence-electron chi connectivity index (χ4n) is 1.75. The Morgan fingerprint density at radius 3 is 2.53 bits per heavy atom. The molecule has 4 nitrogen and oxygen atoms in total. The van der Waals surface area contributed by atoms with E-state index in [0.29, 0.717) is 15.6 Å². The van der Waals surface area contributed by atoms with Gasteiger partial charge in [-0.1, -0.05) is 29.3 Å². The van der Waals surface area contributed by atoms with E-state index < -0.39 is 14.9 Å². The summed E-state index contributed by atoms with van der Waals surface area (Å²) in [6, 6.07) is 4.77. The normalized spacial score (nSPS) is 21.7. The highest BCUT2D eigenvalue weighted by Gasteiger charge is 2.25. The third-order valence-corrected chi connectivity index (χ3v) is 4.15. The van der Waals surface area contributed by atoms with Crippen molar-refractivity contribution in [3.63, 3.8) is 0 Å². The monoisotopic (exact) mass is 317 g/mol. The molecule has 0 N–H and O–H groups in total. The van der Waals surface area contributed by atoms with Crippen LogP contribution in [-0.4, -0.2) is 18.1 Å². The van der Waals surface area contributed by atoms with E-state index in [1.807, 2.05) is 0 Å². The molecule has 1 atom stereocenters. The van der Waals surface area contributed by atoms with Crippen LogP contribution in [0.15, 0.2) is 42.6 Å². The lowest BCUT2D eigenvalue weighted by Crippen LogP contribution is -2.42. The Morgan fingerprint density at radius 1 is 1.16 bits per heavy atom. The van der Waals surface area contributed by atoms with E-state index >= 15 is 0 Å². The molecule has 0 fully saturated rings. The number of benzene rings is 1. The summed E-state index contributed by atoms with van der Waals surface area (Å²) in [6.07, 6.45) is 5.58. The highest BCUT2D eigenvalue weighted by Crippen LogP contribution is 2.25. The van der Waals surface area contributed by atoms with Crippen LogP contribution in [0.4, 0.5) is 0 Å². The fraction of sp³-hybridized carbons (Fsp3) is 0.0833. The van der Waals surface area contributed by atoms with Gasteiger partial charge in [-0.05, 0) is 24.3 Å². The lowest BCUT2D eigenvalue weighted by Gasteiger charge is -2.37. The van der Waals surface area contributed by atoms with Crippen LogP contribution in [0.5, 0.6) is 0 Å². The first-order chi connectivity index (χ1) is 8.92. The van der Waals surface area contributed by atoms with Gasteiger partial charge in [0.05, 0.1) is 10.0 Å². The van der Waals surface area contributed by atoms with Gasteiger partial charge >= 0.3 is 0 Å². The Hall–Kier alpha value is -1.11. The Kier molecular flexibility index (Phi) is 4.13. The number of hydrogen-bond donors (Lipinski definition) is 0. The minimum atomic E-state index is -2.58. The number of hydrogen-bond acceptors (Lipinski definition) is 3. The van der Waals surface area contributed by atoms with E-state index in [1.165, 1.54) is 24.4 Å². The van der Waals surface area contributed by atoms with E-state index in [2.05, 4.69) is 0 Å². The van der Waals surface area contributed by atoms with Crippen molar-refractivity contribution in [3.8, 4) is 0 Å². The van der Waals surface area contributed by atoms with Gasteiger partial charge in [0, 0.05) is 11.6 Å². The molecule has 1 aliphatic heterocycles. The van der Waals surface area contributed by atoms with E-state index in [4.69, 9.17) is 23.2 Å². The van der Waals surface area contributed by atoms with Crippen molar-refractivity contribution in [2.45, 2.75) is 6.54 Å². The fourth-order valence-corrected chi connectivity index (χ4v) is 2.64. The molecule has 2 rings (SSSR count). The molecule has 0 radical (unpaired) electrons. The third kappa shape index (κ3) is 3.08. The molecule has 0 amide bonds. The number of allylic oxidation sites excluding steroid dienone is 2. The molecule has 1 heterocycles. The topological polar surface area (TPSA) is 57.2 Å². The summed E-state index contributed by atoms with van der Waals surface area (Å²) in [6.45, 7) is -0.0684. The summed E-state index contributed by atoms with van der Waals surface area (Å²) in [5.74, 6) is 0. The van der Waals surface area contributed by atoms with E-state index in [9.17, 15) is 13.6 Å². The Balaban J connectivity index is 2.41. The maximum Gasteiger partial charge on any atom is 0.277 e. The van der Waals surface area contributed by atoms with Crippen LogP contribution >= 0.6 is 23.2 Å². The van der Waals surface area contributed by atoms with Crippen molar-refractivity contribution >= 4 is 38.5 Å². The quantitative estimate of drug-likeness (QED) is 0.479. The van der Waals surface area contributed by atoms with Crippen LogP contribution in [0, 0.1) is 5.21 Å². The molecule has 1 aromatic carbocycles. The molecule has 0 aromatic heterocycles. The molecule has 0 spiro atoms. The summed E-state index contributed by atoms with van der Waals surface area (Å²) < 4.78 is 21.1. The maximum absolute atomic E-state index is 12.6. The molecule has 0 saturated carbocycles. The standard InChI is InChI=1S/C12H9Cl2NO3S/c13-10-5-4-9(7-11(10)14)8-15(16)6-2-1-3-12(15)19(17)18/h1-7H,8H2. The summed E-state index contributed by atoms with van der Waals surface area (Å²) in [4.78, 5) is -0.242. The molecular formula is C12H9Cl2NO3S. The largest absolute Gasteiger partial charge is 0.621 e. The summed E-state index contributed by atoms with van der Waals surface area (Å²) in [5.41, 5.74) is 0.604. The van der Waals surface area contributed by atoms with Crippen LogP contribution < -0.4 is 0 Å².